The van der Waals surface area contributed by atoms with Gasteiger partial charge in [-0.2, -0.15) is 0 Å². The van der Waals surface area contributed by atoms with E-state index in [1.807, 2.05) is 27.0 Å². The molecule has 4 heteroatoms. The third-order valence-corrected chi connectivity index (χ3v) is 2.78. The summed E-state index contributed by atoms with van der Waals surface area (Å²) in [5.41, 5.74) is 3.40. The summed E-state index contributed by atoms with van der Waals surface area (Å²) in [4.78, 5) is 8.56. The van der Waals surface area contributed by atoms with Gasteiger partial charge in [0.2, 0.25) is 0 Å². The van der Waals surface area contributed by atoms with Crippen LogP contribution in [0.1, 0.15) is 28.6 Å². The summed E-state index contributed by atoms with van der Waals surface area (Å²) >= 11 is 0. The van der Waals surface area contributed by atoms with Gasteiger partial charge < -0.3 is 5.32 Å². The molecule has 1 aromatic heterocycles. The first kappa shape index (κ1) is 12.6. The molecular formula is C14H16FN3. The summed E-state index contributed by atoms with van der Waals surface area (Å²) in [5.74, 6) is -0.231. The Morgan fingerprint density at radius 3 is 2.44 bits per heavy atom. The van der Waals surface area contributed by atoms with Gasteiger partial charge >= 0.3 is 0 Å². The molecule has 0 saturated heterocycles. The number of hydrogen-bond donors (Lipinski definition) is 1. The highest BCUT2D eigenvalue weighted by Gasteiger charge is 2.14. The molecular weight excluding hydrogens is 229 g/mol. The first-order chi connectivity index (χ1) is 8.60. The fourth-order valence-electron chi connectivity index (χ4n) is 1.97. The van der Waals surface area contributed by atoms with E-state index in [1.165, 1.54) is 12.1 Å². The molecule has 1 N–H and O–H groups in total. The van der Waals surface area contributed by atoms with Crippen LogP contribution < -0.4 is 5.32 Å². The van der Waals surface area contributed by atoms with Crippen LogP contribution in [-0.4, -0.2) is 17.0 Å². The van der Waals surface area contributed by atoms with Crippen LogP contribution in [0.2, 0.25) is 0 Å². The van der Waals surface area contributed by atoms with E-state index < -0.39 is 0 Å². The molecule has 0 amide bonds. The van der Waals surface area contributed by atoms with E-state index in [-0.39, 0.29) is 11.9 Å². The van der Waals surface area contributed by atoms with Crippen molar-refractivity contribution < 1.29 is 4.39 Å². The van der Waals surface area contributed by atoms with E-state index in [9.17, 15) is 4.39 Å². The molecule has 0 radical (unpaired) electrons. The molecule has 2 rings (SSSR count). The predicted molar refractivity (Wildman–Crippen MR) is 68.8 cm³/mol. The number of halogens is 1. The van der Waals surface area contributed by atoms with Gasteiger partial charge in [0.1, 0.15) is 5.82 Å². The molecule has 2 aromatic rings. The average Bonchev–Trinajstić information content (AvgIpc) is 2.31. The van der Waals surface area contributed by atoms with Gasteiger partial charge in [-0.3, -0.25) is 9.97 Å². The average molecular weight is 245 g/mol. The highest BCUT2D eigenvalue weighted by Crippen LogP contribution is 2.21. The van der Waals surface area contributed by atoms with Gasteiger partial charge in [-0.25, -0.2) is 4.39 Å². The van der Waals surface area contributed by atoms with Crippen LogP contribution >= 0.6 is 0 Å². The molecule has 0 aliphatic rings. The van der Waals surface area contributed by atoms with E-state index in [2.05, 4.69) is 15.3 Å². The fourth-order valence-corrected chi connectivity index (χ4v) is 1.97. The van der Waals surface area contributed by atoms with E-state index in [0.717, 1.165) is 22.5 Å². The summed E-state index contributed by atoms with van der Waals surface area (Å²) < 4.78 is 13.4. The zero-order valence-corrected chi connectivity index (χ0v) is 10.7. The van der Waals surface area contributed by atoms with Crippen molar-refractivity contribution in [2.45, 2.75) is 19.9 Å². The highest BCUT2D eigenvalue weighted by atomic mass is 19.1. The molecule has 94 valence electrons. The number of aryl methyl sites for hydroxylation is 2. The maximum absolute atomic E-state index is 13.4. The van der Waals surface area contributed by atoms with E-state index in [4.69, 9.17) is 0 Å². The molecule has 18 heavy (non-hydrogen) atoms. The van der Waals surface area contributed by atoms with E-state index in [1.54, 1.807) is 12.4 Å². The topological polar surface area (TPSA) is 37.8 Å². The maximum Gasteiger partial charge on any atom is 0.123 e. The van der Waals surface area contributed by atoms with Gasteiger partial charge in [-0.05, 0) is 44.2 Å². The van der Waals surface area contributed by atoms with Crippen LogP contribution in [-0.2, 0) is 0 Å². The van der Waals surface area contributed by atoms with Crippen molar-refractivity contribution in [1.29, 1.82) is 0 Å². The zero-order chi connectivity index (χ0) is 13.1. The minimum Gasteiger partial charge on any atom is -0.308 e. The lowest BCUT2D eigenvalue weighted by Gasteiger charge is -2.16. The van der Waals surface area contributed by atoms with Crippen molar-refractivity contribution in [3.05, 3.63) is 58.9 Å². The van der Waals surface area contributed by atoms with Gasteiger partial charge in [0.25, 0.3) is 0 Å². The molecule has 1 unspecified atom stereocenters. The van der Waals surface area contributed by atoms with Crippen LogP contribution in [0.5, 0.6) is 0 Å². The summed E-state index contributed by atoms with van der Waals surface area (Å²) in [6, 6.07) is 4.84. The van der Waals surface area contributed by atoms with Crippen molar-refractivity contribution in [3.63, 3.8) is 0 Å². The zero-order valence-electron chi connectivity index (χ0n) is 10.7. The number of benzene rings is 1. The van der Waals surface area contributed by atoms with Gasteiger partial charge in [0.15, 0.2) is 0 Å². The number of nitrogens with one attached hydrogen (secondary N) is 1. The number of rotatable bonds is 3. The summed E-state index contributed by atoms with van der Waals surface area (Å²) in [6.45, 7) is 3.76. The molecule has 1 atom stereocenters. The largest absolute Gasteiger partial charge is 0.308 e. The van der Waals surface area contributed by atoms with Crippen molar-refractivity contribution in [2.75, 3.05) is 7.05 Å². The third-order valence-electron chi connectivity index (χ3n) is 2.78. The number of hydrogen-bond acceptors (Lipinski definition) is 3. The van der Waals surface area contributed by atoms with Gasteiger partial charge in [0, 0.05) is 6.20 Å². The molecule has 3 nitrogen and oxygen atoms in total. The Kier molecular flexibility index (Phi) is 3.67. The molecule has 1 heterocycles. The Bertz CT molecular complexity index is 517. The first-order valence-electron chi connectivity index (χ1n) is 5.83. The molecule has 0 fully saturated rings. The van der Waals surface area contributed by atoms with Crippen LogP contribution in [0.4, 0.5) is 4.39 Å². The Balaban J connectivity index is 2.41. The smallest absolute Gasteiger partial charge is 0.123 e. The Morgan fingerprint density at radius 1 is 1.11 bits per heavy atom. The lowest BCUT2D eigenvalue weighted by molar-refractivity contribution is 0.611. The molecule has 0 spiro atoms. The van der Waals surface area contributed by atoms with Crippen molar-refractivity contribution in [2.24, 2.45) is 0 Å². The summed E-state index contributed by atoms with van der Waals surface area (Å²) in [6.07, 6.45) is 3.43. The molecule has 0 saturated carbocycles. The third kappa shape index (κ3) is 2.71. The fraction of sp³-hybridized carbons (Fsp3) is 0.286. The normalized spacial score (nSPS) is 12.4. The SMILES string of the molecule is CNC(c1cc(C)cc(F)c1)c1cnc(C)cn1. The van der Waals surface area contributed by atoms with Crippen molar-refractivity contribution in [1.82, 2.24) is 15.3 Å². The predicted octanol–water partition coefficient (Wildman–Crippen LogP) is 2.54. The summed E-state index contributed by atoms with van der Waals surface area (Å²) in [7, 11) is 1.83. The molecule has 1 aromatic carbocycles. The lowest BCUT2D eigenvalue weighted by Crippen LogP contribution is -2.19. The monoisotopic (exact) mass is 245 g/mol. The summed E-state index contributed by atoms with van der Waals surface area (Å²) in [5, 5.41) is 3.14. The van der Waals surface area contributed by atoms with E-state index in [0.29, 0.717) is 0 Å². The standard InChI is InChI=1S/C14H16FN3/c1-9-4-11(6-12(15)5-9)14(16-3)13-8-17-10(2)7-18-13/h4-8,14,16H,1-3H3. The highest BCUT2D eigenvalue weighted by molar-refractivity contribution is 5.31. The van der Waals surface area contributed by atoms with Crippen LogP contribution in [0, 0.1) is 19.7 Å². The van der Waals surface area contributed by atoms with Crippen LogP contribution in [0.3, 0.4) is 0 Å². The molecule has 0 aliphatic carbocycles. The van der Waals surface area contributed by atoms with Crippen molar-refractivity contribution in [3.8, 4) is 0 Å². The lowest BCUT2D eigenvalue weighted by atomic mass is 10.0. The minimum absolute atomic E-state index is 0.146. The first-order valence-corrected chi connectivity index (χ1v) is 5.83. The second kappa shape index (κ2) is 5.23. The number of aromatic nitrogens is 2. The minimum atomic E-state index is -0.231. The number of nitrogens with zero attached hydrogens (tertiary/aromatic N) is 2. The maximum atomic E-state index is 13.4. The quantitative estimate of drug-likeness (QED) is 0.903. The Hall–Kier alpha value is -1.81. The van der Waals surface area contributed by atoms with Gasteiger partial charge in [0.05, 0.1) is 23.6 Å². The van der Waals surface area contributed by atoms with Crippen LogP contribution in [0.25, 0.3) is 0 Å². The second-order valence-corrected chi connectivity index (χ2v) is 4.37. The second-order valence-electron chi connectivity index (χ2n) is 4.37. The Morgan fingerprint density at radius 2 is 1.89 bits per heavy atom. The van der Waals surface area contributed by atoms with Crippen molar-refractivity contribution >= 4 is 0 Å². The van der Waals surface area contributed by atoms with E-state index >= 15 is 0 Å². The van der Waals surface area contributed by atoms with Crippen LogP contribution in [0.15, 0.2) is 30.6 Å². The Labute approximate surface area is 106 Å². The molecule has 0 aliphatic heterocycles. The van der Waals surface area contributed by atoms with Gasteiger partial charge in [-0.1, -0.05) is 6.07 Å². The van der Waals surface area contributed by atoms with Gasteiger partial charge in [-0.15, -0.1) is 0 Å². The molecule has 0 bridgehead atoms.